The van der Waals surface area contributed by atoms with Crippen molar-refractivity contribution in [2.24, 2.45) is 5.73 Å². The van der Waals surface area contributed by atoms with Crippen molar-refractivity contribution in [3.63, 3.8) is 0 Å². The van der Waals surface area contributed by atoms with Crippen LogP contribution in [0.15, 0.2) is 42.5 Å². The highest BCUT2D eigenvalue weighted by Crippen LogP contribution is 2.31. The van der Waals surface area contributed by atoms with Gasteiger partial charge in [-0.05, 0) is 42.3 Å². The van der Waals surface area contributed by atoms with Crippen molar-refractivity contribution in [2.75, 3.05) is 18.4 Å². The molecule has 2 atom stereocenters. The van der Waals surface area contributed by atoms with Crippen LogP contribution in [0.2, 0.25) is 0 Å². The van der Waals surface area contributed by atoms with E-state index in [1.807, 2.05) is 31.2 Å². The number of para-hydroxylation sites is 1. The molecule has 3 aromatic rings. The van der Waals surface area contributed by atoms with Gasteiger partial charge in [0.15, 0.2) is 0 Å². The van der Waals surface area contributed by atoms with E-state index in [4.69, 9.17) is 15.7 Å². The number of halogens is 1. The van der Waals surface area contributed by atoms with Crippen LogP contribution in [0.3, 0.4) is 0 Å². The molecular formula is C22H26FN5. The van der Waals surface area contributed by atoms with E-state index >= 15 is 0 Å². The zero-order chi connectivity index (χ0) is 19.5. The van der Waals surface area contributed by atoms with E-state index in [-0.39, 0.29) is 17.8 Å². The lowest BCUT2D eigenvalue weighted by Crippen LogP contribution is -2.44. The fourth-order valence-electron chi connectivity index (χ4n) is 4.01. The highest BCUT2D eigenvalue weighted by atomic mass is 19.1. The second kappa shape index (κ2) is 8.20. The van der Waals surface area contributed by atoms with Crippen LogP contribution >= 0.6 is 0 Å². The van der Waals surface area contributed by atoms with Crippen molar-refractivity contribution in [2.45, 2.75) is 38.3 Å². The smallest absolute Gasteiger partial charge is 0.137 e. The Morgan fingerprint density at radius 1 is 1.21 bits per heavy atom. The summed E-state index contributed by atoms with van der Waals surface area (Å²) < 4.78 is 13.8. The summed E-state index contributed by atoms with van der Waals surface area (Å²) in [7, 11) is 0. The van der Waals surface area contributed by atoms with E-state index in [1.165, 1.54) is 6.07 Å². The molecule has 1 aliphatic heterocycles. The average Bonchev–Trinajstić information content (AvgIpc) is 2.73. The Bertz CT molecular complexity index is 974. The number of rotatable bonds is 5. The van der Waals surface area contributed by atoms with Crippen molar-refractivity contribution in [3.05, 3.63) is 65.2 Å². The molecule has 0 bridgehead atoms. The van der Waals surface area contributed by atoms with Gasteiger partial charge in [0.25, 0.3) is 0 Å². The van der Waals surface area contributed by atoms with Crippen molar-refractivity contribution >= 4 is 16.7 Å². The Labute approximate surface area is 164 Å². The van der Waals surface area contributed by atoms with Gasteiger partial charge in [-0.3, -0.25) is 0 Å². The summed E-state index contributed by atoms with van der Waals surface area (Å²) in [5.74, 6) is 1.64. The highest BCUT2D eigenvalue weighted by molar-refractivity contribution is 5.91. The van der Waals surface area contributed by atoms with Gasteiger partial charge in [-0.1, -0.05) is 31.2 Å². The minimum absolute atomic E-state index is 0.111. The molecular weight excluding hydrogens is 353 g/mol. The molecule has 1 aromatic heterocycles. The molecule has 0 spiro atoms. The van der Waals surface area contributed by atoms with Gasteiger partial charge in [-0.25, -0.2) is 14.4 Å². The SMILES string of the molecule is CCc1nc(N[C@@H]2CNCC[C@H]2c2cccc(F)c2)c2cccc(CN)c2n1. The van der Waals surface area contributed by atoms with Crippen LogP contribution in [0, 0.1) is 5.82 Å². The van der Waals surface area contributed by atoms with Gasteiger partial charge in [0.2, 0.25) is 0 Å². The minimum Gasteiger partial charge on any atom is -0.365 e. The van der Waals surface area contributed by atoms with Gasteiger partial charge in [-0.15, -0.1) is 0 Å². The minimum atomic E-state index is -0.192. The van der Waals surface area contributed by atoms with Crippen LogP contribution in [0.4, 0.5) is 10.2 Å². The summed E-state index contributed by atoms with van der Waals surface area (Å²) >= 11 is 0. The monoisotopic (exact) mass is 379 g/mol. The molecule has 2 heterocycles. The summed E-state index contributed by atoms with van der Waals surface area (Å²) in [6, 6.07) is 13.1. The molecule has 4 rings (SSSR count). The first-order valence-corrected chi connectivity index (χ1v) is 9.91. The van der Waals surface area contributed by atoms with Crippen LogP contribution in [0.1, 0.15) is 36.2 Å². The number of aromatic nitrogens is 2. The van der Waals surface area contributed by atoms with Crippen LogP contribution < -0.4 is 16.4 Å². The van der Waals surface area contributed by atoms with Gasteiger partial charge in [0.1, 0.15) is 17.5 Å². The maximum atomic E-state index is 13.8. The summed E-state index contributed by atoms with van der Waals surface area (Å²) in [5.41, 5.74) is 8.87. The number of fused-ring (bicyclic) bond motifs is 1. The second-order valence-corrected chi connectivity index (χ2v) is 7.26. The molecule has 6 heteroatoms. The fraction of sp³-hybridized carbons (Fsp3) is 0.364. The number of anilines is 1. The summed E-state index contributed by atoms with van der Waals surface area (Å²) in [6.07, 6.45) is 1.69. The first kappa shape index (κ1) is 18.8. The number of hydrogen-bond donors (Lipinski definition) is 3. The Hall–Kier alpha value is -2.57. The van der Waals surface area contributed by atoms with Crippen LogP contribution in [-0.2, 0) is 13.0 Å². The Kier molecular flexibility index (Phi) is 5.50. The van der Waals surface area contributed by atoms with Gasteiger partial charge >= 0.3 is 0 Å². The normalized spacial score (nSPS) is 19.7. The first-order valence-electron chi connectivity index (χ1n) is 9.91. The summed E-state index contributed by atoms with van der Waals surface area (Å²) in [4.78, 5) is 9.48. The number of hydrogen-bond acceptors (Lipinski definition) is 5. The topological polar surface area (TPSA) is 75.9 Å². The number of nitrogens with zero attached hydrogens (tertiary/aromatic N) is 2. The number of nitrogens with one attached hydrogen (secondary N) is 2. The zero-order valence-electron chi connectivity index (χ0n) is 16.1. The summed E-state index contributed by atoms with van der Waals surface area (Å²) in [5, 5.41) is 8.07. The Morgan fingerprint density at radius 2 is 2.07 bits per heavy atom. The second-order valence-electron chi connectivity index (χ2n) is 7.26. The van der Waals surface area contributed by atoms with Crippen molar-refractivity contribution < 1.29 is 4.39 Å². The third kappa shape index (κ3) is 3.70. The molecule has 1 aliphatic rings. The number of nitrogens with two attached hydrogens (primary N) is 1. The van der Waals surface area contributed by atoms with Crippen molar-refractivity contribution in [1.29, 1.82) is 0 Å². The Balaban J connectivity index is 1.73. The molecule has 1 saturated heterocycles. The first-order chi connectivity index (χ1) is 13.7. The Morgan fingerprint density at radius 3 is 2.86 bits per heavy atom. The van der Waals surface area contributed by atoms with E-state index in [2.05, 4.69) is 10.6 Å². The van der Waals surface area contributed by atoms with E-state index in [9.17, 15) is 4.39 Å². The van der Waals surface area contributed by atoms with Gasteiger partial charge < -0.3 is 16.4 Å². The lowest BCUT2D eigenvalue weighted by Gasteiger charge is -2.34. The molecule has 0 radical (unpaired) electrons. The molecule has 146 valence electrons. The third-order valence-electron chi connectivity index (χ3n) is 5.47. The third-order valence-corrected chi connectivity index (χ3v) is 5.47. The van der Waals surface area contributed by atoms with E-state index in [1.54, 1.807) is 12.1 Å². The maximum Gasteiger partial charge on any atom is 0.137 e. The van der Waals surface area contributed by atoms with E-state index in [0.717, 1.165) is 59.6 Å². The van der Waals surface area contributed by atoms with Crippen molar-refractivity contribution in [3.8, 4) is 0 Å². The van der Waals surface area contributed by atoms with E-state index in [0.29, 0.717) is 6.54 Å². The number of piperidine rings is 1. The predicted molar refractivity (Wildman–Crippen MR) is 111 cm³/mol. The fourth-order valence-corrected chi connectivity index (χ4v) is 4.01. The van der Waals surface area contributed by atoms with Gasteiger partial charge in [-0.2, -0.15) is 0 Å². The summed E-state index contributed by atoms with van der Waals surface area (Å²) in [6.45, 7) is 4.20. The van der Waals surface area contributed by atoms with Gasteiger partial charge in [0.05, 0.1) is 5.52 Å². The van der Waals surface area contributed by atoms with Crippen molar-refractivity contribution in [1.82, 2.24) is 15.3 Å². The van der Waals surface area contributed by atoms with Crippen LogP contribution in [0.25, 0.3) is 10.9 Å². The molecule has 1 fully saturated rings. The van der Waals surface area contributed by atoms with E-state index < -0.39 is 0 Å². The molecule has 0 unspecified atom stereocenters. The molecule has 0 saturated carbocycles. The lowest BCUT2D eigenvalue weighted by molar-refractivity contribution is 0.420. The predicted octanol–water partition coefficient (Wildman–Crippen LogP) is 3.35. The molecule has 4 N–H and O–H groups in total. The lowest BCUT2D eigenvalue weighted by atomic mass is 9.86. The molecule has 28 heavy (non-hydrogen) atoms. The standard InChI is InChI=1S/C22H26FN5/c1-2-20-27-21-15(12-24)6-4-8-18(21)22(28-20)26-19-13-25-10-9-17(19)14-5-3-7-16(23)11-14/h3-8,11,17,19,25H,2,9-10,12-13,24H2,1H3,(H,26,27,28)/t17-,19+/m0/s1. The van der Waals surface area contributed by atoms with Crippen LogP contribution in [-0.4, -0.2) is 29.1 Å². The zero-order valence-corrected chi connectivity index (χ0v) is 16.1. The number of benzene rings is 2. The molecule has 0 amide bonds. The quantitative estimate of drug-likeness (QED) is 0.634. The highest BCUT2D eigenvalue weighted by Gasteiger charge is 2.27. The average molecular weight is 379 g/mol. The van der Waals surface area contributed by atoms with Gasteiger partial charge in [0, 0.05) is 36.9 Å². The molecule has 5 nitrogen and oxygen atoms in total. The molecule has 0 aliphatic carbocycles. The largest absolute Gasteiger partial charge is 0.365 e. The van der Waals surface area contributed by atoms with Crippen LogP contribution in [0.5, 0.6) is 0 Å². The number of aryl methyl sites for hydroxylation is 1. The molecule has 2 aromatic carbocycles. The maximum absolute atomic E-state index is 13.8.